The summed E-state index contributed by atoms with van der Waals surface area (Å²) >= 11 is 0. The quantitative estimate of drug-likeness (QED) is 0.626. The number of nitrogens with zero attached hydrogens (tertiary/aromatic N) is 1. The Hall–Kier alpha value is -2.66. The van der Waals surface area contributed by atoms with Crippen molar-refractivity contribution in [1.29, 1.82) is 0 Å². The molecule has 0 unspecified atom stereocenters. The second-order valence-electron chi connectivity index (χ2n) is 5.85. The zero-order chi connectivity index (χ0) is 16.2. The van der Waals surface area contributed by atoms with Crippen molar-refractivity contribution < 1.29 is 0 Å². The van der Waals surface area contributed by atoms with Crippen molar-refractivity contribution in [3.8, 4) is 0 Å². The topological polar surface area (TPSA) is 39.3 Å². The Morgan fingerprint density at radius 2 is 1.21 bits per heavy atom. The predicted octanol–water partition coefficient (Wildman–Crippen LogP) is 3.82. The molecule has 0 radical (unpaired) electrons. The lowest BCUT2D eigenvalue weighted by Crippen LogP contribution is -2.65. The normalized spacial score (nSPS) is 20.3. The van der Waals surface area contributed by atoms with Gasteiger partial charge in [0, 0.05) is 0 Å². The average molecular weight is 316 g/mol. The summed E-state index contributed by atoms with van der Waals surface area (Å²) in [6.07, 6.45) is 0. The minimum absolute atomic E-state index is 0.213. The fourth-order valence-corrected chi connectivity index (χ4v) is 3.02. The average Bonchev–Trinajstić information content (AvgIpc) is 2.63. The molecule has 0 aliphatic carbocycles. The van der Waals surface area contributed by atoms with Crippen LogP contribution in [0.3, 0.4) is 0 Å². The molecule has 24 heavy (non-hydrogen) atoms. The van der Waals surface area contributed by atoms with Crippen LogP contribution in [0.4, 0.5) is 5.69 Å². The number of hydrogen-bond donors (Lipinski definition) is 3. The number of anilines is 1. The Morgan fingerprint density at radius 1 is 0.667 bits per heavy atom. The predicted molar refractivity (Wildman–Crippen MR) is 96.5 cm³/mol. The second-order valence-corrected chi connectivity index (χ2v) is 5.85. The van der Waals surface area contributed by atoms with Gasteiger partial charge in [0.2, 0.25) is 0 Å². The van der Waals surface area contributed by atoms with Crippen molar-refractivity contribution in [2.75, 3.05) is 5.43 Å². The van der Waals surface area contributed by atoms with Crippen LogP contribution in [0.1, 0.15) is 23.2 Å². The van der Waals surface area contributed by atoms with Gasteiger partial charge in [-0.15, -0.1) is 0 Å². The Balaban J connectivity index is 1.52. The highest BCUT2D eigenvalue weighted by Gasteiger charge is 2.40. The van der Waals surface area contributed by atoms with Crippen LogP contribution in [0.2, 0.25) is 0 Å². The minimum atomic E-state index is 0.213. The molecule has 0 aromatic heterocycles. The molecule has 4 heteroatoms. The first kappa shape index (κ1) is 14.9. The molecule has 1 aliphatic rings. The van der Waals surface area contributed by atoms with Crippen molar-refractivity contribution in [3.05, 3.63) is 102 Å². The van der Waals surface area contributed by atoms with Crippen molar-refractivity contribution in [2.24, 2.45) is 0 Å². The number of para-hydroxylation sites is 1. The van der Waals surface area contributed by atoms with Crippen LogP contribution in [0.25, 0.3) is 0 Å². The Bertz CT molecular complexity index is 759. The van der Waals surface area contributed by atoms with Gasteiger partial charge in [-0.1, -0.05) is 78.9 Å². The summed E-state index contributed by atoms with van der Waals surface area (Å²) in [5, 5.41) is 2.01. The summed E-state index contributed by atoms with van der Waals surface area (Å²) in [6.45, 7) is 0. The SMILES string of the molecule is c1ccc(NNN2N[C@@H](c3ccccc3)[C@H]2c2ccccc2)cc1. The molecule has 1 saturated heterocycles. The molecule has 3 aromatic rings. The lowest BCUT2D eigenvalue weighted by atomic mass is 9.91. The van der Waals surface area contributed by atoms with Crippen LogP contribution in [-0.2, 0) is 0 Å². The number of benzene rings is 3. The smallest absolute Gasteiger partial charge is 0.0875 e. The summed E-state index contributed by atoms with van der Waals surface area (Å²) in [5.41, 5.74) is 13.5. The van der Waals surface area contributed by atoms with E-state index in [2.05, 4.69) is 64.9 Å². The highest BCUT2D eigenvalue weighted by Crippen LogP contribution is 2.39. The second kappa shape index (κ2) is 6.84. The van der Waals surface area contributed by atoms with Crippen LogP contribution >= 0.6 is 0 Å². The van der Waals surface area contributed by atoms with Gasteiger partial charge in [-0.25, -0.2) is 5.43 Å². The molecule has 0 spiro atoms. The van der Waals surface area contributed by atoms with Gasteiger partial charge in [0.25, 0.3) is 0 Å². The lowest BCUT2D eigenvalue weighted by molar-refractivity contribution is -0.0751. The van der Waals surface area contributed by atoms with Crippen LogP contribution in [0, 0.1) is 0 Å². The fraction of sp³-hybridized carbons (Fsp3) is 0.100. The van der Waals surface area contributed by atoms with E-state index in [0.717, 1.165) is 5.69 Å². The van der Waals surface area contributed by atoms with E-state index in [1.165, 1.54) is 11.1 Å². The van der Waals surface area contributed by atoms with E-state index >= 15 is 0 Å². The van der Waals surface area contributed by atoms with Gasteiger partial charge in [-0.2, -0.15) is 10.7 Å². The van der Waals surface area contributed by atoms with Crippen molar-refractivity contribution in [3.63, 3.8) is 0 Å². The molecule has 1 heterocycles. The molecule has 4 rings (SSSR count). The highest BCUT2D eigenvalue weighted by molar-refractivity contribution is 5.41. The molecule has 3 N–H and O–H groups in total. The zero-order valence-corrected chi connectivity index (χ0v) is 13.3. The largest absolute Gasteiger partial charge is 0.307 e. The molecule has 120 valence electrons. The van der Waals surface area contributed by atoms with Crippen molar-refractivity contribution in [1.82, 2.24) is 16.1 Å². The standard InChI is InChI=1S/C20H20N4/c1-4-10-16(11-5-1)19-20(17-12-6-2-7-13-17)24(22-19)23-21-18-14-8-3-9-15-18/h1-15,19-23H/t19-,20+/m0/s1. The Labute approximate surface area is 142 Å². The van der Waals surface area contributed by atoms with Gasteiger partial charge in [0.15, 0.2) is 0 Å². The first-order valence-electron chi connectivity index (χ1n) is 8.14. The van der Waals surface area contributed by atoms with E-state index in [4.69, 9.17) is 0 Å². The molecule has 4 nitrogen and oxygen atoms in total. The van der Waals surface area contributed by atoms with E-state index in [-0.39, 0.29) is 12.1 Å². The van der Waals surface area contributed by atoms with E-state index in [1.54, 1.807) is 0 Å². The van der Waals surface area contributed by atoms with Crippen LogP contribution in [-0.4, -0.2) is 5.12 Å². The van der Waals surface area contributed by atoms with Crippen LogP contribution < -0.4 is 16.4 Å². The maximum Gasteiger partial charge on any atom is 0.0875 e. The molecule has 0 bridgehead atoms. The summed E-state index contributed by atoms with van der Waals surface area (Å²) in [6, 6.07) is 31.6. The maximum absolute atomic E-state index is 3.47. The summed E-state index contributed by atoms with van der Waals surface area (Å²) < 4.78 is 0. The molecule has 1 fully saturated rings. The van der Waals surface area contributed by atoms with E-state index in [1.807, 2.05) is 47.6 Å². The van der Waals surface area contributed by atoms with Crippen LogP contribution in [0.5, 0.6) is 0 Å². The molecule has 1 aliphatic heterocycles. The molecule has 3 aromatic carbocycles. The number of nitrogens with one attached hydrogen (secondary N) is 3. The number of rotatable bonds is 5. The summed E-state index contributed by atoms with van der Waals surface area (Å²) in [5.74, 6) is 0. The number of hydrogen-bond acceptors (Lipinski definition) is 4. The Kier molecular flexibility index (Phi) is 4.25. The van der Waals surface area contributed by atoms with E-state index in [0.29, 0.717) is 0 Å². The van der Waals surface area contributed by atoms with Gasteiger partial charge >= 0.3 is 0 Å². The molecule has 2 atom stereocenters. The maximum atomic E-state index is 3.47. The third-order valence-electron chi connectivity index (χ3n) is 4.27. The van der Waals surface area contributed by atoms with Crippen LogP contribution in [0.15, 0.2) is 91.0 Å². The van der Waals surface area contributed by atoms with Gasteiger partial charge in [-0.05, 0) is 23.3 Å². The fourth-order valence-electron chi connectivity index (χ4n) is 3.02. The third-order valence-corrected chi connectivity index (χ3v) is 4.27. The first-order chi connectivity index (χ1) is 11.9. The highest BCUT2D eigenvalue weighted by atomic mass is 15.9. The minimum Gasteiger partial charge on any atom is -0.307 e. The third kappa shape index (κ3) is 3.03. The van der Waals surface area contributed by atoms with Gasteiger partial charge in [0.05, 0.1) is 17.8 Å². The first-order valence-corrected chi connectivity index (χ1v) is 8.14. The van der Waals surface area contributed by atoms with Crippen molar-refractivity contribution in [2.45, 2.75) is 12.1 Å². The van der Waals surface area contributed by atoms with Gasteiger partial charge in [-0.3, -0.25) is 0 Å². The number of hydrazine groups is 3. The summed E-state index contributed by atoms with van der Waals surface area (Å²) in [7, 11) is 0. The van der Waals surface area contributed by atoms with Crippen molar-refractivity contribution >= 4 is 5.69 Å². The molecular weight excluding hydrogens is 296 g/mol. The lowest BCUT2D eigenvalue weighted by Gasteiger charge is -2.49. The van der Waals surface area contributed by atoms with E-state index in [9.17, 15) is 0 Å². The Morgan fingerprint density at radius 3 is 1.83 bits per heavy atom. The zero-order valence-electron chi connectivity index (χ0n) is 13.3. The molecular formula is C20H20N4. The summed E-state index contributed by atoms with van der Waals surface area (Å²) in [4.78, 5) is 0. The molecule has 0 saturated carbocycles. The van der Waals surface area contributed by atoms with Gasteiger partial charge < -0.3 is 5.43 Å². The van der Waals surface area contributed by atoms with E-state index < -0.39 is 0 Å². The monoisotopic (exact) mass is 316 g/mol. The van der Waals surface area contributed by atoms with Gasteiger partial charge in [0.1, 0.15) is 0 Å². The molecule has 0 amide bonds.